The van der Waals surface area contributed by atoms with Gasteiger partial charge in [0.1, 0.15) is 11.5 Å². The molecule has 0 saturated heterocycles. The average molecular weight is 301 g/mol. The molecule has 2 rings (SSSR count). The summed E-state index contributed by atoms with van der Waals surface area (Å²) >= 11 is 0. The van der Waals surface area contributed by atoms with Crippen LogP contribution in [0.15, 0.2) is 47.1 Å². The Labute approximate surface area is 131 Å². The molecular formula is C18H23NO3. The van der Waals surface area contributed by atoms with Crippen molar-refractivity contribution in [1.82, 2.24) is 4.90 Å². The second kappa shape index (κ2) is 7.69. The molecule has 2 aromatic rings. The molecule has 0 radical (unpaired) electrons. The van der Waals surface area contributed by atoms with Gasteiger partial charge >= 0.3 is 0 Å². The zero-order chi connectivity index (χ0) is 15.9. The number of carbonyl (C=O) groups is 1. The number of hydrogen-bond acceptors (Lipinski definition) is 3. The Morgan fingerprint density at radius 2 is 1.95 bits per heavy atom. The maximum absolute atomic E-state index is 12.5. The van der Waals surface area contributed by atoms with Crippen LogP contribution in [0.3, 0.4) is 0 Å². The van der Waals surface area contributed by atoms with Crippen LogP contribution in [0.1, 0.15) is 38.0 Å². The zero-order valence-corrected chi connectivity index (χ0v) is 13.2. The zero-order valence-electron chi connectivity index (χ0n) is 13.2. The lowest BCUT2D eigenvalue weighted by Gasteiger charge is -2.23. The van der Waals surface area contributed by atoms with Crippen LogP contribution in [0.5, 0.6) is 5.75 Å². The Hall–Kier alpha value is -2.23. The van der Waals surface area contributed by atoms with Crippen molar-refractivity contribution in [3.63, 3.8) is 0 Å². The predicted molar refractivity (Wildman–Crippen MR) is 85.1 cm³/mol. The number of hydrogen-bond donors (Lipinski definition) is 1. The number of nitrogens with zero attached hydrogens (tertiary/aromatic N) is 1. The van der Waals surface area contributed by atoms with Crippen molar-refractivity contribution in [1.29, 1.82) is 0 Å². The van der Waals surface area contributed by atoms with Crippen LogP contribution >= 0.6 is 0 Å². The van der Waals surface area contributed by atoms with Crippen molar-refractivity contribution in [3.05, 3.63) is 54.0 Å². The lowest BCUT2D eigenvalue weighted by molar-refractivity contribution is -0.133. The third-order valence-electron chi connectivity index (χ3n) is 3.57. The number of amides is 1. The molecule has 0 atom stereocenters. The van der Waals surface area contributed by atoms with Crippen molar-refractivity contribution < 1.29 is 14.3 Å². The molecule has 1 aromatic carbocycles. The molecular weight excluding hydrogens is 278 g/mol. The third kappa shape index (κ3) is 4.65. The Morgan fingerprint density at radius 1 is 1.18 bits per heavy atom. The molecule has 0 fully saturated rings. The molecule has 1 heterocycles. The van der Waals surface area contributed by atoms with Crippen LogP contribution in [0, 0.1) is 5.92 Å². The van der Waals surface area contributed by atoms with Gasteiger partial charge in [-0.2, -0.15) is 0 Å². The quantitative estimate of drug-likeness (QED) is 0.842. The van der Waals surface area contributed by atoms with E-state index in [0.29, 0.717) is 25.4 Å². The third-order valence-corrected chi connectivity index (χ3v) is 3.57. The van der Waals surface area contributed by atoms with Gasteiger partial charge in [-0.25, -0.2) is 0 Å². The predicted octanol–water partition coefficient (Wildman–Crippen LogP) is 3.95. The minimum absolute atomic E-state index is 0.0772. The Morgan fingerprint density at radius 3 is 2.59 bits per heavy atom. The van der Waals surface area contributed by atoms with E-state index in [-0.39, 0.29) is 11.7 Å². The minimum atomic E-state index is 0.0772. The van der Waals surface area contributed by atoms with Gasteiger partial charge in [-0.3, -0.25) is 4.79 Å². The number of furan rings is 1. The lowest BCUT2D eigenvalue weighted by atomic mass is 10.1. The first-order valence-corrected chi connectivity index (χ1v) is 7.63. The molecule has 1 aromatic heterocycles. The summed E-state index contributed by atoms with van der Waals surface area (Å²) in [5.74, 6) is 1.52. The van der Waals surface area contributed by atoms with Gasteiger partial charge in [0, 0.05) is 18.5 Å². The summed E-state index contributed by atoms with van der Waals surface area (Å²) in [6.07, 6.45) is 2.96. The van der Waals surface area contributed by atoms with Gasteiger partial charge in [-0.15, -0.1) is 0 Å². The van der Waals surface area contributed by atoms with Gasteiger partial charge in [0.25, 0.3) is 0 Å². The molecule has 118 valence electrons. The molecule has 0 bridgehead atoms. The van der Waals surface area contributed by atoms with Gasteiger partial charge < -0.3 is 14.4 Å². The number of benzene rings is 1. The summed E-state index contributed by atoms with van der Waals surface area (Å²) in [4.78, 5) is 14.2. The monoisotopic (exact) mass is 301 g/mol. The number of phenols is 1. The Balaban J connectivity index is 2.10. The van der Waals surface area contributed by atoms with E-state index < -0.39 is 0 Å². The smallest absolute Gasteiger partial charge is 0.223 e. The van der Waals surface area contributed by atoms with Gasteiger partial charge in [0.05, 0.1) is 12.8 Å². The first kappa shape index (κ1) is 16.1. The second-order valence-electron chi connectivity index (χ2n) is 5.89. The number of para-hydroxylation sites is 1. The molecule has 0 aliphatic rings. The summed E-state index contributed by atoms with van der Waals surface area (Å²) in [5, 5.41) is 9.92. The largest absolute Gasteiger partial charge is 0.508 e. The number of phenolic OH excluding ortho intramolecular Hbond substituents is 1. The highest BCUT2D eigenvalue weighted by molar-refractivity contribution is 5.76. The van der Waals surface area contributed by atoms with Gasteiger partial charge in [-0.05, 0) is 30.5 Å². The maximum atomic E-state index is 12.5. The fourth-order valence-electron chi connectivity index (χ4n) is 2.24. The lowest BCUT2D eigenvalue weighted by Crippen LogP contribution is -2.30. The van der Waals surface area contributed by atoms with Crippen LogP contribution in [0.2, 0.25) is 0 Å². The normalized spacial score (nSPS) is 10.9. The highest BCUT2D eigenvalue weighted by Crippen LogP contribution is 2.20. The molecule has 4 nitrogen and oxygen atoms in total. The van der Waals surface area contributed by atoms with Crippen LogP contribution < -0.4 is 0 Å². The van der Waals surface area contributed by atoms with Crippen LogP contribution in [-0.4, -0.2) is 15.9 Å². The molecule has 0 saturated carbocycles. The van der Waals surface area contributed by atoms with Crippen LogP contribution in [0.4, 0.5) is 0 Å². The van der Waals surface area contributed by atoms with E-state index in [4.69, 9.17) is 4.42 Å². The summed E-state index contributed by atoms with van der Waals surface area (Å²) in [6, 6.07) is 10.8. The second-order valence-corrected chi connectivity index (χ2v) is 5.89. The van der Waals surface area contributed by atoms with E-state index in [0.717, 1.165) is 17.7 Å². The summed E-state index contributed by atoms with van der Waals surface area (Å²) in [5.41, 5.74) is 0.743. The first-order valence-electron chi connectivity index (χ1n) is 7.63. The average Bonchev–Trinajstić information content (AvgIpc) is 2.99. The highest BCUT2D eigenvalue weighted by atomic mass is 16.3. The van der Waals surface area contributed by atoms with Crippen LogP contribution in [0.25, 0.3) is 0 Å². The molecule has 0 spiro atoms. The summed E-state index contributed by atoms with van der Waals surface area (Å²) in [7, 11) is 0. The van der Waals surface area contributed by atoms with E-state index >= 15 is 0 Å². The van der Waals surface area contributed by atoms with Crippen molar-refractivity contribution >= 4 is 5.91 Å². The van der Waals surface area contributed by atoms with Gasteiger partial charge in [0.2, 0.25) is 5.91 Å². The number of rotatable bonds is 7. The molecule has 0 aliphatic heterocycles. The molecule has 4 heteroatoms. The standard InChI is InChI=1S/C18H23NO3/c1-14(2)9-10-18(21)19(13-16-7-5-11-22-16)12-15-6-3-4-8-17(15)20/h3-8,11,14,20H,9-10,12-13H2,1-2H3. The Bertz CT molecular complexity index is 590. The molecule has 22 heavy (non-hydrogen) atoms. The highest BCUT2D eigenvalue weighted by Gasteiger charge is 2.17. The van der Waals surface area contributed by atoms with Crippen LogP contribution in [-0.2, 0) is 17.9 Å². The summed E-state index contributed by atoms with van der Waals surface area (Å²) in [6.45, 7) is 5.00. The van der Waals surface area contributed by atoms with E-state index in [2.05, 4.69) is 13.8 Å². The van der Waals surface area contributed by atoms with E-state index in [9.17, 15) is 9.90 Å². The van der Waals surface area contributed by atoms with E-state index in [1.54, 1.807) is 23.3 Å². The van der Waals surface area contributed by atoms with Gasteiger partial charge in [-0.1, -0.05) is 32.0 Å². The number of aromatic hydroxyl groups is 1. The molecule has 0 unspecified atom stereocenters. The van der Waals surface area contributed by atoms with Crippen molar-refractivity contribution in [2.24, 2.45) is 5.92 Å². The van der Waals surface area contributed by atoms with Crippen molar-refractivity contribution in [2.45, 2.75) is 39.8 Å². The van der Waals surface area contributed by atoms with Crippen molar-refractivity contribution in [3.8, 4) is 5.75 Å². The topological polar surface area (TPSA) is 53.7 Å². The van der Waals surface area contributed by atoms with Gasteiger partial charge in [0.15, 0.2) is 0 Å². The number of carbonyl (C=O) groups excluding carboxylic acids is 1. The minimum Gasteiger partial charge on any atom is -0.508 e. The first-order chi connectivity index (χ1) is 10.6. The van der Waals surface area contributed by atoms with Crippen molar-refractivity contribution in [2.75, 3.05) is 0 Å². The molecule has 1 N–H and O–H groups in total. The van der Waals surface area contributed by atoms with E-state index in [1.807, 2.05) is 24.3 Å². The molecule has 1 amide bonds. The fourth-order valence-corrected chi connectivity index (χ4v) is 2.24. The molecule has 0 aliphatic carbocycles. The SMILES string of the molecule is CC(C)CCC(=O)N(Cc1ccco1)Cc1ccccc1O. The summed E-state index contributed by atoms with van der Waals surface area (Å²) < 4.78 is 5.35. The fraction of sp³-hybridized carbons (Fsp3) is 0.389. The Kier molecular flexibility index (Phi) is 5.64. The maximum Gasteiger partial charge on any atom is 0.223 e. The van der Waals surface area contributed by atoms with E-state index in [1.165, 1.54) is 0 Å².